The van der Waals surface area contributed by atoms with E-state index in [1.165, 1.54) is 7.11 Å². The standard InChI is InChI=1S/C11H13NO3/c1-15-11(14)9-5-8(3-2-4-13)6-10(12)7-9/h4-7H,2-3,12H2,1H3. The minimum Gasteiger partial charge on any atom is -0.465 e. The minimum absolute atomic E-state index is 0.415. The summed E-state index contributed by atoms with van der Waals surface area (Å²) in [6.45, 7) is 0. The summed E-state index contributed by atoms with van der Waals surface area (Å²) in [4.78, 5) is 21.5. The van der Waals surface area contributed by atoms with Crippen LogP contribution in [0.4, 0.5) is 5.69 Å². The van der Waals surface area contributed by atoms with Crippen LogP contribution in [-0.4, -0.2) is 19.4 Å². The van der Waals surface area contributed by atoms with Gasteiger partial charge in [-0.3, -0.25) is 0 Å². The first kappa shape index (κ1) is 11.2. The molecule has 0 aromatic heterocycles. The topological polar surface area (TPSA) is 69.4 Å². The molecule has 15 heavy (non-hydrogen) atoms. The first-order valence-electron chi connectivity index (χ1n) is 4.58. The first-order valence-corrected chi connectivity index (χ1v) is 4.58. The third kappa shape index (κ3) is 3.09. The monoisotopic (exact) mass is 207 g/mol. The van der Waals surface area contributed by atoms with E-state index >= 15 is 0 Å². The number of rotatable bonds is 4. The number of hydrogen-bond donors (Lipinski definition) is 1. The number of anilines is 1. The Kier molecular flexibility index (Phi) is 3.85. The molecule has 1 aromatic carbocycles. The molecule has 0 radical (unpaired) electrons. The first-order chi connectivity index (χ1) is 7.17. The Morgan fingerprint density at radius 3 is 2.80 bits per heavy atom. The normalized spacial score (nSPS) is 9.67. The second-order valence-corrected chi connectivity index (χ2v) is 3.16. The summed E-state index contributed by atoms with van der Waals surface area (Å²) in [5, 5.41) is 0. The zero-order chi connectivity index (χ0) is 11.3. The van der Waals surface area contributed by atoms with Crippen molar-refractivity contribution < 1.29 is 14.3 Å². The quantitative estimate of drug-likeness (QED) is 0.457. The van der Waals surface area contributed by atoms with Crippen molar-refractivity contribution in [3.63, 3.8) is 0 Å². The van der Waals surface area contributed by atoms with Gasteiger partial charge in [-0.25, -0.2) is 4.79 Å². The summed E-state index contributed by atoms with van der Waals surface area (Å²) in [6, 6.07) is 4.98. The maximum absolute atomic E-state index is 11.2. The molecule has 1 rings (SSSR count). The molecule has 0 atom stereocenters. The van der Waals surface area contributed by atoms with Crippen molar-refractivity contribution in [2.24, 2.45) is 0 Å². The van der Waals surface area contributed by atoms with E-state index in [1.807, 2.05) is 0 Å². The van der Waals surface area contributed by atoms with Gasteiger partial charge in [0.15, 0.2) is 0 Å². The van der Waals surface area contributed by atoms with Crippen molar-refractivity contribution in [1.82, 2.24) is 0 Å². The van der Waals surface area contributed by atoms with Crippen LogP contribution in [0.2, 0.25) is 0 Å². The number of nitrogen functional groups attached to an aromatic ring is 1. The maximum Gasteiger partial charge on any atom is 0.337 e. The molecule has 0 aliphatic carbocycles. The predicted molar refractivity (Wildman–Crippen MR) is 56.6 cm³/mol. The number of aldehydes is 1. The molecule has 0 unspecified atom stereocenters. The zero-order valence-corrected chi connectivity index (χ0v) is 8.53. The van der Waals surface area contributed by atoms with E-state index in [0.29, 0.717) is 24.1 Å². The van der Waals surface area contributed by atoms with Gasteiger partial charge in [0.05, 0.1) is 12.7 Å². The molecule has 2 N–H and O–H groups in total. The van der Waals surface area contributed by atoms with Gasteiger partial charge in [-0.2, -0.15) is 0 Å². The van der Waals surface area contributed by atoms with Crippen molar-refractivity contribution in [3.8, 4) is 0 Å². The van der Waals surface area contributed by atoms with E-state index in [1.54, 1.807) is 18.2 Å². The van der Waals surface area contributed by atoms with Gasteiger partial charge < -0.3 is 15.3 Å². The van der Waals surface area contributed by atoms with Crippen molar-refractivity contribution in [3.05, 3.63) is 29.3 Å². The molecular formula is C11H13NO3. The second-order valence-electron chi connectivity index (χ2n) is 3.16. The summed E-state index contributed by atoms with van der Waals surface area (Å²) < 4.78 is 4.59. The molecule has 80 valence electrons. The van der Waals surface area contributed by atoms with Gasteiger partial charge in [-0.05, 0) is 30.2 Å². The lowest BCUT2D eigenvalue weighted by Crippen LogP contribution is -2.03. The van der Waals surface area contributed by atoms with Gasteiger partial charge in [-0.15, -0.1) is 0 Å². The summed E-state index contributed by atoms with van der Waals surface area (Å²) in [5.74, 6) is -0.422. The largest absolute Gasteiger partial charge is 0.465 e. The number of carbonyl (C=O) groups excluding carboxylic acids is 2. The van der Waals surface area contributed by atoms with Crippen LogP contribution >= 0.6 is 0 Å². The molecule has 0 fully saturated rings. The highest BCUT2D eigenvalue weighted by Gasteiger charge is 2.07. The van der Waals surface area contributed by atoms with Gasteiger partial charge in [0, 0.05) is 12.1 Å². The molecule has 1 aromatic rings. The fraction of sp³-hybridized carbons (Fsp3) is 0.273. The van der Waals surface area contributed by atoms with Gasteiger partial charge in [-0.1, -0.05) is 0 Å². The molecule has 0 amide bonds. The van der Waals surface area contributed by atoms with Crippen molar-refractivity contribution in [1.29, 1.82) is 0 Å². The van der Waals surface area contributed by atoms with E-state index in [0.717, 1.165) is 11.8 Å². The molecule has 0 saturated carbocycles. The van der Waals surface area contributed by atoms with Gasteiger partial charge in [0.2, 0.25) is 0 Å². The molecule has 0 spiro atoms. The Balaban J connectivity index is 2.94. The number of ether oxygens (including phenoxy) is 1. The lowest BCUT2D eigenvalue weighted by atomic mass is 10.1. The van der Waals surface area contributed by atoms with Crippen LogP contribution in [0, 0.1) is 0 Å². The average molecular weight is 207 g/mol. The van der Waals surface area contributed by atoms with Crippen molar-refractivity contribution in [2.75, 3.05) is 12.8 Å². The highest BCUT2D eigenvalue weighted by atomic mass is 16.5. The average Bonchev–Trinajstić information content (AvgIpc) is 2.24. The number of esters is 1. The molecule has 0 bridgehead atoms. The van der Waals surface area contributed by atoms with Crippen LogP contribution in [0.3, 0.4) is 0 Å². The molecule has 0 heterocycles. The van der Waals surface area contributed by atoms with Crippen LogP contribution in [0.15, 0.2) is 18.2 Å². The summed E-state index contributed by atoms with van der Waals surface area (Å²) in [5.41, 5.74) is 7.41. The predicted octanol–water partition coefficient (Wildman–Crippen LogP) is 1.19. The van der Waals surface area contributed by atoms with Gasteiger partial charge in [0.1, 0.15) is 6.29 Å². The smallest absolute Gasteiger partial charge is 0.337 e. The molecule has 4 heteroatoms. The molecular weight excluding hydrogens is 194 g/mol. The molecule has 4 nitrogen and oxygen atoms in total. The Bertz CT molecular complexity index is 374. The van der Waals surface area contributed by atoms with Gasteiger partial charge in [0.25, 0.3) is 0 Å². The fourth-order valence-corrected chi connectivity index (χ4v) is 1.32. The summed E-state index contributed by atoms with van der Waals surface area (Å²) in [7, 11) is 1.32. The van der Waals surface area contributed by atoms with Crippen LogP contribution in [-0.2, 0) is 16.0 Å². The van der Waals surface area contributed by atoms with E-state index in [9.17, 15) is 9.59 Å². The highest BCUT2D eigenvalue weighted by molar-refractivity contribution is 5.90. The number of nitrogens with two attached hydrogens (primary N) is 1. The number of aryl methyl sites for hydroxylation is 1. The van der Waals surface area contributed by atoms with Crippen molar-refractivity contribution in [2.45, 2.75) is 12.8 Å². The number of hydrogen-bond acceptors (Lipinski definition) is 4. The van der Waals surface area contributed by atoms with Gasteiger partial charge >= 0.3 is 5.97 Å². The van der Waals surface area contributed by atoms with E-state index in [-0.39, 0.29) is 0 Å². The molecule has 0 aliphatic heterocycles. The lowest BCUT2D eigenvalue weighted by Gasteiger charge is -2.04. The van der Waals surface area contributed by atoms with Crippen LogP contribution in [0.5, 0.6) is 0 Å². The fourth-order valence-electron chi connectivity index (χ4n) is 1.32. The van der Waals surface area contributed by atoms with E-state index < -0.39 is 5.97 Å². The Labute approximate surface area is 88.0 Å². The summed E-state index contributed by atoms with van der Waals surface area (Å²) in [6.07, 6.45) is 1.84. The second kappa shape index (κ2) is 5.14. The van der Waals surface area contributed by atoms with Crippen LogP contribution < -0.4 is 5.73 Å². The third-order valence-corrected chi connectivity index (χ3v) is 1.99. The minimum atomic E-state index is -0.422. The maximum atomic E-state index is 11.2. The number of benzene rings is 1. The van der Waals surface area contributed by atoms with Crippen molar-refractivity contribution >= 4 is 17.9 Å². The Morgan fingerprint density at radius 2 is 2.20 bits per heavy atom. The van der Waals surface area contributed by atoms with E-state index in [4.69, 9.17) is 5.73 Å². The lowest BCUT2D eigenvalue weighted by molar-refractivity contribution is -0.107. The third-order valence-electron chi connectivity index (χ3n) is 1.99. The molecule has 0 saturated heterocycles. The Hall–Kier alpha value is -1.84. The highest BCUT2D eigenvalue weighted by Crippen LogP contribution is 2.14. The van der Waals surface area contributed by atoms with E-state index in [2.05, 4.69) is 4.74 Å². The SMILES string of the molecule is COC(=O)c1cc(N)cc(CCC=O)c1. The van der Waals surface area contributed by atoms with Crippen LogP contribution in [0.25, 0.3) is 0 Å². The summed E-state index contributed by atoms with van der Waals surface area (Å²) >= 11 is 0. The number of methoxy groups -OCH3 is 1. The molecule has 0 aliphatic rings. The zero-order valence-electron chi connectivity index (χ0n) is 8.53. The Morgan fingerprint density at radius 1 is 1.47 bits per heavy atom. The van der Waals surface area contributed by atoms with Crippen LogP contribution in [0.1, 0.15) is 22.3 Å². The number of carbonyl (C=O) groups is 2.